The molecule has 0 saturated carbocycles. The van der Waals surface area contributed by atoms with Gasteiger partial charge in [0.05, 0.1) is 8.80 Å². The Labute approximate surface area is 68.7 Å². The Bertz CT molecular complexity index is 238. The van der Waals surface area contributed by atoms with Crippen LogP contribution in [0, 0.1) is 0 Å². The van der Waals surface area contributed by atoms with Gasteiger partial charge in [-0.05, 0) is 0 Å². The maximum absolute atomic E-state index is 10.3. The molecule has 0 aliphatic rings. The number of carbonyl (C=O) groups is 1. The fourth-order valence-electron chi connectivity index (χ4n) is 0.959. The van der Waals surface area contributed by atoms with Gasteiger partial charge in [-0.3, -0.25) is 4.79 Å². The van der Waals surface area contributed by atoms with E-state index in [0.717, 1.165) is 11.8 Å². The number of carbonyl (C=O) groups excluding carboxylic acids is 1. The van der Waals surface area contributed by atoms with Crippen LogP contribution in [0.3, 0.4) is 0 Å². The molecule has 1 aromatic rings. The number of hydrogen-bond acceptors (Lipinski definition) is 1. The lowest BCUT2D eigenvalue weighted by molar-refractivity contribution is 0.112. The minimum Gasteiger partial charge on any atom is -0.298 e. The van der Waals surface area contributed by atoms with Crippen molar-refractivity contribution >= 4 is 20.3 Å². The van der Waals surface area contributed by atoms with E-state index in [-0.39, 0.29) is 0 Å². The van der Waals surface area contributed by atoms with Crippen LogP contribution in [0.5, 0.6) is 0 Å². The van der Waals surface area contributed by atoms with Gasteiger partial charge < -0.3 is 0 Å². The molecule has 58 valence electrons. The summed E-state index contributed by atoms with van der Waals surface area (Å²) in [5, 5.41) is 1.41. The molecule has 0 N–H and O–H groups in total. The molecule has 0 heterocycles. The van der Waals surface area contributed by atoms with E-state index in [1.165, 1.54) is 5.19 Å². The summed E-state index contributed by atoms with van der Waals surface area (Å²) >= 11 is 0. The lowest BCUT2D eigenvalue weighted by Crippen LogP contribution is -2.21. The molecule has 0 bridgehead atoms. The molecule has 0 saturated heterocycles. The average molecular weight is 164 g/mol. The molecule has 0 radical (unpaired) electrons. The van der Waals surface area contributed by atoms with Crippen molar-refractivity contribution in [3.63, 3.8) is 0 Å². The minimum absolute atomic E-state index is 0.676. The van der Waals surface area contributed by atoms with Crippen LogP contribution >= 0.6 is 0 Å². The Hall–Kier alpha value is -0.893. The first-order valence-electron chi connectivity index (χ1n) is 3.79. The van der Waals surface area contributed by atoms with Crippen LogP contribution in [0.25, 0.3) is 0 Å². The van der Waals surface area contributed by atoms with E-state index in [9.17, 15) is 4.79 Å². The zero-order valence-corrected chi connectivity index (χ0v) is 8.03. The summed E-state index contributed by atoms with van der Waals surface area (Å²) in [7, 11) is -0.676. The molecule has 0 aliphatic carbocycles. The van der Waals surface area contributed by atoms with Gasteiger partial charge >= 0.3 is 0 Å². The normalized spacial score (nSPS) is 10.1. The van der Waals surface area contributed by atoms with Crippen LogP contribution in [0.4, 0.5) is 0 Å². The van der Waals surface area contributed by atoms with Crippen LogP contribution in [0.15, 0.2) is 24.3 Å². The summed E-state index contributed by atoms with van der Waals surface area (Å²) in [6, 6.07) is 7.88. The Morgan fingerprint density at radius 3 is 2.09 bits per heavy atom. The monoisotopic (exact) mass is 164 g/mol. The van der Waals surface area contributed by atoms with Gasteiger partial charge in [-0.15, -0.1) is 0 Å². The maximum Gasteiger partial charge on any atom is 0.150 e. The van der Waals surface area contributed by atoms with E-state index in [1.807, 2.05) is 12.1 Å². The lowest BCUT2D eigenvalue weighted by Gasteiger charge is -2.01. The molecule has 0 amide bonds. The Balaban J connectivity index is 2.91. The maximum atomic E-state index is 10.3. The van der Waals surface area contributed by atoms with Crippen LogP contribution in [0.1, 0.15) is 10.4 Å². The third-order valence-electron chi connectivity index (χ3n) is 1.74. The van der Waals surface area contributed by atoms with Gasteiger partial charge in [0.15, 0.2) is 0 Å². The smallest absolute Gasteiger partial charge is 0.150 e. The molecule has 0 fully saturated rings. The highest BCUT2D eigenvalue weighted by Gasteiger charge is 1.98. The van der Waals surface area contributed by atoms with Crippen LogP contribution in [-0.4, -0.2) is 15.1 Å². The van der Waals surface area contributed by atoms with Crippen molar-refractivity contribution in [1.29, 1.82) is 0 Å². The fourth-order valence-corrected chi connectivity index (χ4v) is 1.92. The second kappa shape index (κ2) is 3.48. The van der Waals surface area contributed by atoms with Crippen molar-refractivity contribution in [1.82, 2.24) is 0 Å². The summed E-state index contributed by atoms with van der Waals surface area (Å²) in [5.74, 6) is 0. The topological polar surface area (TPSA) is 17.1 Å². The molecule has 1 rings (SSSR count). The van der Waals surface area contributed by atoms with Crippen molar-refractivity contribution < 1.29 is 4.79 Å². The highest BCUT2D eigenvalue weighted by molar-refractivity contribution is 6.70. The molecule has 0 aliphatic heterocycles. The van der Waals surface area contributed by atoms with E-state index in [4.69, 9.17) is 0 Å². The molecule has 0 atom stereocenters. The van der Waals surface area contributed by atoms with Gasteiger partial charge in [0, 0.05) is 5.56 Å². The first-order chi connectivity index (χ1) is 5.24. The molecule has 1 aromatic carbocycles. The Morgan fingerprint density at radius 2 is 1.73 bits per heavy atom. The van der Waals surface area contributed by atoms with E-state index >= 15 is 0 Å². The summed E-state index contributed by atoms with van der Waals surface area (Å²) in [6.07, 6.45) is 0.881. The summed E-state index contributed by atoms with van der Waals surface area (Å²) in [6.45, 7) is 4.55. The second-order valence-electron chi connectivity index (χ2n) is 2.94. The Kier molecular flexibility index (Phi) is 2.60. The van der Waals surface area contributed by atoms with E-state index < -0.39 is 8.80 Å². The quantitative estimate of drug-likeness (QED) is 0.474. The number of rotatable bonds is 2. The lowest BCUT2D eigenvalue weighted by atomic mass is 10.2. The molecule has 11 heavy (non-hydrogen) atoms. The van der Waals surface area contributed by atoms with Gasteiger partial charge in [-0.1, -0.05) is 42.5 Å². The van der Waals surface area contributed by atoms with E-state index in [0.29, 0.717) is 0 Å². The van der Waals surface area contributed by atoms with Crippen molar-refractivity contribution in [2.24, 2.45) is 0 Å². The zero-order chi connectivity index (χ0) is 8.27. The SMILES string of the molecule is C[SiH](C)c1ccc(C=O)cc1. The number of aldehydes is 1. The molecule has 1 nitrogen and oxygen atoms in total. The molecule has 0 spiro atoms. The molecule has 0 unspecified atom stereocenters. The first-order valence-corrected chi connectivity index (χ1v) is 6.68. The highest BCUT2D eigenvalue weighted by Crippen LogP contribution is 1.93. The predicted octanol–water partition coefficient (Wildman–Crippen LogP) is 1.19. The third-order valence-corrected chi connectivity index (χ3v) is 3.46. The first kappa shape index (κ1) is 8.21. The van der Waals surface area contributed by atoms with Crippen LogP contribution in [0.2, 0.25) is 13.1 Å². The summed E-state index contributed by atoms with van der Waals surface area (Å²) in [5.41, 5.74) is 0.767. The van der Waals surface area contributed by atoms with Gasteiger partial charge in [-0.2, -0.15) is 0 Å². The molecular weight excluding hydrogens is 152 g/mol. The molecule has 2 heteroatoms. The predicted molar refractivity (Wildman–Crippen MR) is 50.3 cm³/mol. The molecular formula is C9H12OSi. The third kappa shape index (κ3) is 2.02. The molecule has 0 aromatic heterocycles. The minimum atomic E-state index is -0.676. The van der Waals surface area contributed by atoms with Gasteiger partial charge in [0.2, 0.25) is 0 Å². The summed E-state index contributed by atoms with van der Waals surface area (Å²) < 4.78 is 0. The Morgan fingerprint density at radius 1 is 1.18 bits per heavy atom. The van der Waals surface area contributed by atoms with Crippen molar-refractivity contribution in [3.05, 3.63) is 29.8 Å². The fraction of sp³-hybridized carbons (Fsp3) is 0.222. The van der Waals surface area contributed by atoms with Crippen LogP contribution in [-0.2, 0) is 0 Å². The van der Waals surface area contributed by atoms with Gasteiger partial charge in [-0.25, -0.2) is 0 Å². The summed E-state index contributed by atoms with van der Waals surface area (Å²) in [4.78, 5) is 10.3. The number of benzene rings is 1. The highest BCUT2D eigenvalue weighted by atomic mass is 28.3. The standard InChI is InChI=1S/C9H12OSi/c1-11(2)9-5-3-8(7-10)4-6-9/h3-7,11H,1-2H3. The average Bonchev–Trinajstić information content (AvgIpc) is 2.05. The van der Waals surface area contributed by atoms with Gasteiger partial charge in [0.25, 0.3) is 0 Å². The van der Waals surface area contributed by atoms with E-state index in [2.05, 4.69) is 25.2 Å². The van der Waals surface area contributed by atoms with Crippen molar-refractivity contribution in [2.45, 2.75) is 13.1 Å². The zero-order valence-electron chi connectivity index (χ0n) is 6.87. The van der Waals surface area contributed by atoms with Gasteiger partial charge in [0.1, 0.15) is 6.29 Å². The van der Waals surface area contributed by atoms with E-state index in [1.54, 1.807) is 0 Å². The second-order valence-corrected chi connectivity index (χ2v) is 5.92. The number of hydrogen-bond donors (Lipinski definition) is 0. The van der Waals surface area contributed by atoms with Crippen LogP contribution < -0.4 is 5.19 Å². The largest absolute Gasteiger partial charge is 0.298 e. The van der Waals surface area contributed by atoms with Crippen molar-refractivity contribution in [3.8, 4) is 0 Å². The van der Waals surface area contributed by atoms with Crippen molar-refractivity contribution in [2.75, 3.05) is 0 Å².